The van der Waals surface area contributed by atoms with Gasteiger partial charge in [0.15, 0.2) is 0 Å². The monoisotopic (exact) mass is 238 g/mol. The van der Waals surface area contributed by atoms with Gasteiger partial charge in [0, 0.05) is 23.5 Å². The van der Waals surface area contributed by atoms with Gasteiger partial charge in [-0.3, -0.25) is 4.90 Å². The van der Waals surface area contributed by atoms with Crippen LogP contribution in [0.5, 0.6) is 0 Å². The molecular formula is C13H22N2S. The predicted molar refractivity (Wildman–Crippen MR) is 71.0 cm³/mol. The summed E-state index contributed by atoms with van der Waals surface area (Å²) in [5.41, 5.74) is 0. The van der Waals surface area contributed by atoms with Gasteiger partial charge < -0.3 is 5.32 Å². The highest BCUT2D eigenvalue weighted by Gasteiger charge is 2.21. The van der Waals surface area contributed by atoms with Gasteiger partial charge in [-0.25, -0.2) is 0 Å². The molecule has 1 saturated heterocycles. The summed E-state index contributed by atoms with van der Waals surface area (Å²) in [6.45, 7) is 4.66. The van der Waals surface area contributed by atoms with Crippen LogP contribution in [-0.2, 0) is 0 Å². The molecule has 1 aromatic rings. The Morgan fingerprint density at radius 3 is 3.06 bits per heavy atom. The quantitative estimate of drug-likeness (QED) is 0.848. The fourth-order valence-corrected chi connectivity index (χ4v) is 3.57. The van der Waals surface area contributed by atoms with Crippen LogP contribution in [0.1, 0.15) is 37.1 Å². The summed E-state index contributed by atoms with van der Waals surface area (Å²) < 4.78 is 0. The first-order valence-corrected chi connectivity index (χ1v) is 7.16. The third-order valence-electron chi connectivity index (χ3n) is 3.46. The molecule has 0 saturated carbocycles. The molecule has 0 aromatic carbocycles. The molecule has 2 nitrogen and oxygen atoms in total. The Kier molecular flexibility index (Phi) is 4.38. The molecule has 0 radical (unpaired) electrons. The van der Waals surface area contributed by atoms with Crippen LogP contribution in [-0.4, -0.2) is 31.1 Å². The summed E-state index contributed by atoms with van der Waals surface area (Å²) in [6, 6.07) is 5.73. The maximum Gasteiger partial charge on any atom is 0.0436 e. The minimum Gasteiger partial charge on any atom is -0.313 e. The Morgan fingerprint density at radius 2 is 2.50 bits per heavy atom. The Hall–Kier alpha value is -0.380. The smallest absolute Gasteiger partial charge is 0.0436 e. The van der Waals surface area contributed by atoms with Gasteiger partial charge in [-0.1, -0.05) is 13.0 Å². The molecule has 2 rings (SSSR count). The van der Waals surface area contributed by atoms with Crippen LogP contribution in [0, 0.1) is 0 Å². The molecule has 2 unspecified atom stereocenters. The Bertz CT molecular complexity index is 291. The van der Waals surface area contributed by atoms with Gasteiger partial charge in [0.2, 0.25) is 0 Å². The minimum atomic E-state index is 0.599. The van der Waals surface area contributed by atoms with Crippen LogP contribution >= 0.6 is 11.3 Å². The van der Waals surface area contributed by atoms with Crippen LogP contribution < -0.4 is 5.32 Å². The first-order chi connectivity index (χ1) is 7.81. The van der Waals surface area contributed by atoms with Crippen LogP contribution in [0.25, 0.3) is 0 Å². The molecule has 0 aliphatic carbocycles. The Labute approximate surface area is 103 Å². The van der Waals surface area contributed by atoms with Crippen molar-refractivity contribution in [3.8, 4) is 0 Å². The number of nitrogens with one attached hydrogen (secondary N) is 1. The zero-order valence-corrected chi connectivity index (χ0v) is 11.1. The van der Waals surface area contributed by atoms with E-state index < -0.39 is 0 Å². The van der Waals surface area contributed by atoms with Crippen LogP contribution in [0.2, 0.25) is 0 Å². The molecule has 2 heterocycles. The summed E-state index contributed by atoms with van der Waals surface area (Å²) in [7, 11) is 2.26. The van der Waals surface area contributed by atoms with E-state index in [1.54, 1.807) is 0 Å². The maximum atomic E-state index is 3.57. The van der Waals surface area contributed by atoms with Crippen molar-refractivity contribution in [3.05, 3.63) is 22.4 Å². The standard InChI is InChI=1S/C13H22N2S/c1-3-12(13-7-5-9-16-13)15(2)10-11-6-4-8-14-11/h5,7,9,11-12,14H,3-4,6,8,10H2,1-2H3. The highest BCUT2D eigenvalue weighted by molar-refractivity contribution is 7.10. The number of hydrogen-bond donors (Lipinski definition) is 1. The molecule has 1 fully saturated rings. The lowest BCUT2D eigenvalue weighted by atomic mass is 10.1. The van der Waals surface area contributed by atoms with Crippen LogP contribution in [0.4, 0.5) is 0 Å². The molecule has 0 spiro atoms. The van der Waals surface area contributed by atoms with E-state index in [0.717, 1.165) is 0 Å². The van der Waals surface area contributed by atoms with E-state index >= 15 is 0 Å². The molecule has 0 amide bonds. The molecular weight excluding hydrogens is 216 g/mol. The summed E-state index contributed by atoms with van der Waals surface area (Å²) in [6.07, 6.45) is 3.88. The maximum absolute atomic E-state index is 3.57. The average Bonchev–Trinajstić information content (AvgIpc) is 2.91. The van der Waals surface area contributed by atoms with Gasteiger partial charge in [0.05, 0.1) is 0 Å². The number of thiophene rings is 1. The van der Waals surface area contributed by atoms with Gasteiger partial charge in [0.1, 0.15) is 0 Å². The van der Waals surface area contributed by atoms with Crippen LogP contribution in [0.15, 0.2) is 17.5 Å². The first-order valence-electron chi connectivity index (χ1n) is 6.28. The SMILES string of the molecule is CCC(c1cccs1)N(C)CC1CCCN1. The number of nitrogens with zero attached hydrogens (tertiary/aromatic N) is 1. The average molecular weight is 238 g/mol. The second kappa shape index (κ2) is 5.80. The van der Waals surface area contributed by atoms with E-state index in [2.05, 4.69) is 41.7 Å². The van der Waals surface area contributed by atoms with Crippen molar-refractivity contribution in [1.82, 2.24) is 10.2 Å². The normalized spacial score (nSPS) is 22.8. The molecule has 1 N–H and O–H groups in total. The summed E-state index contributed by atoms with van der Waals surface area (Å²) >= 11 is 1.88. The van der Waals surface area contributed by atoms with Gasteiger partial charge >= 0.3 is 0 Å². The molecule has 1 aliphatic rings. The van der Waals surface area contributed by atoms with Crippen molar-refractivity contribution in [2.45, 2.75) is 38.3 Å². The fourth-order valence-electron chi connectivity index (χ4n) is 2.60. The lowest BCUT2D eigenvalue weighted by Gasteiger charge is -2.28. The second-order valence-electron chi connectivity index (χ2n) is 4.67. The first kappa shape index (κ1) is 12.1. The number of rotatable bonds is 5. The van der Waals surface area contributed by atoms with E-state index in [4.69, 9.17) is 0 Å². The van der Waals surface area contributed by atoms with Crippen molar-refractivity contribution >= 4 is 11.3 Å². The third-order valence-corrected chi connectivity index (χ3v) is 4.43. The van der Waals surface area contributed by atoms with Crippen molar-refractivity contribution in [2.75, 3.05) is 20.1 Å². The molecule has 90 valence electrons. The molecule has 1 aliphatic heterocycles. The lowest BCUT2D eigenvalue weighted by molar-refractivity contribution is 0.221. The fraction of sp³-hybridized carbons (Fsp3) is 0.692. The second-order valence-corrected chi connectivity index (χ2v) is 5.65. The van der Waals surface area contributed by atoms with Gasteiger partial charge in [-0.15, -0.1) is 11.3 Å². The third kappa shape index (κ3) is 2.84. The summed E-state index contributed by atoms with van der Waals surface area (Å²) in [5.74, 6) is 0. The van der Waals surface area contributed by atoms with E-state index in [-0.39, 0.29) is 0 Å². The van der Waals surface area contributed by atoms with Crippen molar-refractivity contribution < 1.29 is 0 Å². The largest absolute Gasteiger partial charge is 0.313 e. The summed E-state index contributed by atoms with van der Waals surface area (Å²) in [5, 5.41) is 5.75. The summed E-state index contributed by atoms with van der Waals surface area (Å²) in [4.78, 5) is 4.01. The van der Waals surface area contributed by atoms with E-state index in [0.29, 0.717) is 12.1 Å². The number of hydrogen-bond acceptors (Lipinski definition) is 3. The van der Waals surface area contributed by atoms with Crippen molar-refractivity contribution in [2.24, 2.45) is 0 Å². The highest BCUT2D eigenvalue weighted by Crippen LogP contribution is 2.27. The van der Waals surface area contributed by atoms with Gasteiger partial charge in [-0.2, -0.15) is 0 Å². The predicted octanol–water partition coefficient (Wildman–Crippen LogP) is 2.88. The lowest BCUT2D eigenvalue weighted by Crippen LogP contribution is -2.37. The minimum absolute atomic E-state index is 0.599. The number of likely N-dealkylation sites (N-methyl/N-ethyl adjacent to an activating group) is 1. The highest BCUT2D eigenvalue weighted by atomic mass is 32.1. The van der Waals surface area contributed by atoms with E-state index in [1.807, 2.05) is 11.3 Å². The zero-order valence-electron chi connectivity index (χ0n) is 10.3. The molecule has 16 heavy (non-hydrogen) atoms. The van der Waals surface area contributed by atoms with Crippen molar-refractivity contribution in [1.29, 1.82) is 0 Å². The molecule has 1 aromatic heterocycles. The van der Waals surface area contributed by atoms with Gasteiger partial charge in [0.25, 0.3) is 0 Å². The van der Waals surface area contributed by atoms with E-state index in [1.165, 1.54) is 37.2 Å². The van der Waals surface area contributed by atoms with Crippen LogP contribution in [0.3, 0.4) is 0 Å². The topological polar surface area (TPSA) is 15.3 Å². The Balaban J connectivity index is 1.93. The van der Waals surface area contributed by atoms with E-state index in [9.17, 15) is 0 Å². The zero-order chi connectivity index (χ0) is 11.4. The van der Waals surface area contributed by atoms with Gasteiger partial charge in [-0.05, 0) is 44.3 Å². The molecule has 0 bridgehead atoms. The molecule has 3 heteroatoms. The Morgan fingerprint density at radius 1 is 1.62 bits per heavy atom. The van der Waals surface area contributed by atoms with Crippen molar-refractivity contribution in [3.63, 3.8) is 0 Å². The molecule has 2 atom stereocenters.